The zero-order chi connectivity index (χ0) is 23.8. The summed E-state index contributed by atoms with van der Waals surface area (Å²) in [4.78, 5) is 12.8. The first kappa shape index (κ1) is 26.1. The van der Waals surface area contributed by atoms with Crippen LogP contribution in [0.15, 0.2) is 46.9 Å². The minimum absolute atomic E-state index is 0.0445. The van der Waals surface area contributed by atoms with Crippen LogP contribution in [0.25, 0.3) is 0 Å². The number of nitriles is 1. The van der Waals surface area contributed by atoms with E-state index in [1.54, 1.807) is 24.3 Å². The van der Waals surface area contributed by atoms with E-state index >= 15 is 0 Å². The van der Waals surface area contributed by atoms with Crippen molar-refractivity contribution in [2.75, 3.05) is 0 Å². The van der Waals surface area contributed by atoms with E-state index in [-0.39, 0.29) is 21.9 Å². The minimum Gasteiger partial charge on any atom is -0.454 e. The highest BCUT2D eigenvalue weighted by atomic mass is 80.0. The molecule has 1 saturated carbocycles. The summed E-state index contributed by atoms with van der Waals surface area (Å²) in [6.07, 6.45) is -1.19. The summed E-state index contributed by atoms with van der Waals surface area (Å²) in [5.41, 5.74) is 0.000340. The zero-order valence-corrected chi connectivity index (χ0v) is 24.7. The van der Waals surface area contributed by atoms with Crippen molar-refractivity contribution >= 4 is 85.6 Å². The maximum Gasteiger partial charge on any atom is 0.311 e. The molecule has 4 atom stereocenters. The van der Waals surface area contributed by atoms with E-state index in [1.165, 1.54) is 18.2 Å². The molecule has 0 aromatic heterocycles. The minimum atomic E-state index is -1.19. The quantitative estimate of drug-likeness (QED) is 0.220. The molecule has 0 radical (unpaired) electrons. The number of alkyl halides is 4. The molecule has 1 aliphatic rings. The van der Waals surface area contributed by atoms with Crippen LogP contribution in [0.1, 0.15) is 25.5 Å². The highest BCUT2D eigenvalue weighted by Crippen LogP contribution is 2.66. The molecule has 0 N–H and O–H groups in total. The lowest BCUT2D eigenvalue weighted by Gasteiger charge is -2.21. The standard InChI is InChI=1S/C22H17Br5FNO3/c1-21(2)17(19(24)22(25,26)27)18(21)20(30)32-16(10-29)11-3-8-14(28)15(9-11)31-13-6-4-12(23)5-7-13/h3-9,16-19H,1-2H3/t16?,17-,18+,19?/m1/s1. The summed E-state index contributed by atoms with van der Waals surface area (Å²) in [6.45, 7) is 3.94. The van der Waals surface area contributed by atoms with Gasteiger partial charge in [-0.05, 0) is 47.7 Å². The third kappa shape index (κ3) is 5.77. The Morgan fingerprint density at radius 1 is 1.19 bits per heavy atom. The van der Waals surface area contributed by atoms with Crippen LogP contribution in [-0.4, -0.2) is 12.9 Å². The lowest BCUT2D eigenvalue weighted by atomic mass is 10.1. The molecule has 1 fully saturated rings. The summed E-state index contributed by atoms with van der Waals surface area (Å²) in [5, 5.41) is 9.65. The van der Waals surface area contributed by atoms with Gasteiger partial charge in [0.2, 0.25) is 6.10 Å². The number of rotatable bonds is 6. The Bertz CT molecular complexity index is 1050. The number of carbonyl (C=O) groups is 1. The summed E-state index contributed by atoms with van der Waals surface area (Å²) >= 11 is 17.4. The van der Waals surface area contributed by atoms with Crippen LogP contribution in [0.5, 0.6) is 11.5 Å². The van der Waals surface area contributed by atoms with Crippen LogP contribution < -0.4 is 4.74 Å². The zero-order valence-electron chi connectivity index (χ0n) is 16.8. The first-order chi connectivity index (χ1) is 14.9. The predicted octanol–water partition coefficient (Wildman–Crippen LogP) is 8.36. The molecule has 2 aromatic rings. The first-order valence-electron chi connectivity index (χ1n) is 9.40. The number of hydrogen-bond donors (Lipinski definition) is 0. The maximum atomic E-state index is 14.3. The second kappa shape index (κ2) is 10.0. The fourth-order valence-electron chi connectivity index (χ4n) is 3.63. The van der Waals surface area contributed by atoms with Crippen molar-refractivity contribution in [1.29, 1.82) is 5.26 Å². The Kier molecular flexibility index (Phi) is 8.19. The number of carbonyl (C=O) groups excluding carboxylic acids is 1. The molecule has 4 nitrogen and oxygen atoms in total. The molecule has 170 valence electrons. The average Bonchev–Trinajstić information content (AvgIpc) is 3.29. The van der Waals surface area contributed by atoms with Crippen molar-refractivity contribution in [3.63, 3.8) is 0 Å². The fourth-order valence-corrected chi connectivity index (χ4v) is 5.73. The van der Waals surface area contributed by atoms with Gasteiger partial charge in [0.05, 0.1) is 10.7 Å². The van der Waals surface area contributed by atoms with Crippen molar-refractivity contribution in [1.82, 2.24) is 0 Å². The van der Waals surface area contributed by atoms with Gasteiger partial charge in [-0.2, -0.15) is 5.26 Å². The van der Waals surface area contributed by atoms with E-state index in [2.05, 4.69) is 79.6 Å². The van der Waals surface area contributed by atoms with Gasteiger partial charge in [0.25, 0.3) is 0 Å². The molecular formula is C22H17Br5FNO3. The SMILES string of the molecule is CC1(C)[C@H](C(=O)OC(C#N)c2ccc(F)c(Oc3ccc(Br)cc3)c2)[C@@H]1C(Br)C(Br)(Br)Br. The van der Waals surface area contributed by atoms with E-state index in [1.807, 2.05) is 19.9 Å². The fraction of sp³-hybridized carbons (Fsp3) is 0.364. The van der Waals surface area contributed by atoms with Gasteiger partial charge in [0.1, 0.15) is 14.0 Å². The number of nitrogens with zero attached hydrogens (tertiary/aromatic N) is 1. The molecule has 1 aliphatic carbocycles. The van der Waals surface area contributed by atoms with Crippen LogP contribution in [-0.2, 0) is 9.53 Å². The lowest BCUT2D eigenvalue weighted by molar-refractivity contribution is -0.149. The molecular weight excluding hydrogens is 745 g/mol. The predicted molar refractivity (Wildman–Crippen MR) is 138 cm³/mol. The van der Waals surface area contributed by atoms with Crippen molar-refractivity contribution in [2.45, 2.75) is 26.9 Å². The lowest BCUT2D eigenvalue weighted by Crippen LogP contribution is -2.23. The Morgan fingerprint density at radius 3 is 2.38 bits per heavy atom. The molecule has 0 aliphatic heterocycles. The monoisotopic (exact) mass is 757 g/mol. The van der Waals surface area contributed by atoms with Gasteiger partial charge < -0.3 is 9.47 Å². The van der Waals surface area contributed by atoms with Gasteiger partial charge in [-0.15, -0.1) is 0 Å². The molecule has 0 heterocycles. The maximum absolute atomic E-state index is 14.3. The largest absolute Gasteiger partial charge is 0.454 e. The highest BCUT2D eigenvalue weighted by molar-refractivity contribution is 9.40. The molecule has 0 bridgehead atoms. The summed E-state index contributed by atoms with van der Waals surface area (Å²) in [7, 11) is 0. The van der Waals surface area contributed by atoms with Crippen molar-refractivity contribution in [3.05, 3.63) is 58.3 Å². The van der Waals surface area contributed by atoms with Crippen molar-refractivity contribution in [2.24, 2.45) is 17.3 Å². The van der Waals surface area contributed by atoms with Crippen LogP contribution in [0.3, 0.4) is 0 Å². The number of hydrogen-bond acceptors (Lipinski definition) is 4. The summed E-state index contributed by atoms with van der Waals surface area (Å²) in [5.74, 6) is -1.15. The van der Waals surface area contributed by atoms with Crippen LogP contribution in [0.2, 0.25) is 0 Å². The Hall–Kier alpha value is -0.470. The van der Waals surface area contributed by atoms with Crippen LogP contribution in [0, 0.1) is 34.4 Å². The van der Waals surface area contributed by atoms with Gasteiger partial charge in [0, 0.05) is 10.0 Å². The average molecular weight is 762 g/mol. The third-order valence-electron chi connectivity index (χ3n) is 5.44. The Morgan fingerprint density at radius 2 is 1.81 bits per heavy atom. The van der Waals surface area contributed by atoms with Gasteiger partial charge >= 0.3 is 5.97 Å². The van der Waals surface area contributed by atoms with Gasteiger partial charge in [-0.3, -0.25) is 4.79 Å². The first-order valence-corrected chi connectivity index (χ1v) is 13.5. The van der Waals surface area contributed by atoms with E-state index in [0.717, 1.165) is 4.47 Å². The molecule has 0 amide bonds. The van der Waals surface area contributed by atoms with E-state index in [9.17, 15) is 14.4 Å². The molecule has 0 saturated heterocycles. The number of benzene rings is 2. The molecule has 10 heteroatoms. The van der Waals surface area contributed by atoms with Crippen LogP contribution in [0.4, 0.5) is 4.39 Å². The number of ether oxygens (including phenoxy) is 2. The van der Waals surface area contributed by atoms with Crippen molar-refractivity contribution in [3.8, 4) is 17.6 Å². The third-order valence-corrected chi connectivity index (χ3v) is 10.6. The van der Waals surface area contributed by atoms with E-state index in [0.29, 0.717) is 11.3 Å². The van der Waals surface area contributed by atoms with Gasteiger partial charge in [-0.25, -0.2) is 4.39 Å². The molecule has 3 rings (SSSR count). The highest BCUT2D eigenvalue weighted by Gasteiger charge is 2.67. The number of esters is 1. The van der Waals surface area contributed by atoms with E-state index < -0.39 is 26.0 Å². The molecule has 32 heavy (non-hydrogen) atoms. The topological polar surface area (TPSA) is 59.3 Å². The van der Waals surface area contributed by atoms with Gasteiger partial charge in [0.15, 0.2) is 11.6 Å². The number of halogens is 6. The second-order valence-electron chi connectivity index (χ2n) is 7.96. The van der Waals surface area contributed by atoms with Crippen LogP contribution >= 0.6 is 79.6 Å². The molecule has 2 aromatic carbocycles. The summed E-state index contributed by atoms with van der Waals surface area (Å²) in [6, 6.07) is 12.9. The normalized spacial score (nSPS) is 21.2. The Balaban J connectivity index is 1.77. The smallest absolute Gasteiger partial charge is 0.311 e. The van der Waals surface area contributed by atoms with Crippen molar-refractivity contribution < 1.29 is 18.7 Å². The Labute approximate surface area is 227 Å². The molecule has 2 unspecified atom stereocenters. The summed E-state index contributed by atoms with van der Waals surface area (Å²) < 4.78 is 25.7. The second-order valence-corrected chi connectivity index (χ2v) is 16.8. The van der Waals surface area contributed by atoms with E-state index in [4.69, 9.17) is 9.47 Å². The molecule has 0 spiro atoms. The van der Waals surface area contributed by atoms with Gasteiger partial charge in [-0.1, -0.05) is 99.6 Å².